The minimum absolute atomic E-state index is 0.477. The second-order valence-electron chi connectivity index (χ2n) is 4.40. The van der Waals surface area contributed by atoms with Crippen molar-refractivity contribution in [3.8, 4) is 0 Å². The molecule has 1 aromatic carbocycles. The molecule has 1 aromatic heterocycles. The Kier molecular flexibility index (Phi) is 2.11. The second-order valence-corrected chi connectivity index (χ2v) is 4.40. The van der Waals surface area contributed by atoms with Gasteiger partial charge in [-0.15, -0.1) is 0 Å². The van der Waals surface area contributed by atoms with Crippen molar-refractivity contribution in [2.45, 2.75) is 31.8 Å². The van der Waals surface area contributed by atoms with E-state index in [4.69, 9.17) is 11.5 Å². The molecule has 1 aliphatic carbocycles. The Morgan fingerprint density at radius 1 is 1.38 bits per heavy atom. The lowest BCUT2D eigenvalue weighted by atomic mass is 9.92. The minimum Gasteiger partial charge on any atom is -0.397 e. The Morgan fingerprint density at radius 2 is 2.19 bits per heavy atom. The lowest BCUT2D eigenvalue weighted by Crippen LogP contribution is -2.21. The molecule has 0 aliphatic heterocycles. The van der Waals surface area contributed by atoms with Gasteiger partial charge in [-0.05, 0) is 31.4 Å². The summed E-state index contributed by atoms with van der Waals surface area (Å²) in [7, 11) is 0. The van der Waals surface area contributed by atoms with Crippen molar-refractivity contribution in [3.05, 3.63) is 24.0 Å². The number of imidazole rings is 1. The Balaban J connectivity index is 2.28. The molecule has 0 atom stereocenters. The first-order valence-corrected chi connectivity index (χ1v) is 5.76. The summed E-state index contributed by atoms with van der Waals surface area (Å²) in [4.78, 5) is 4.55. The maximum Gasteiger partial charge on any atom is 0.123 e. The van der Waals surface area contributed by atoms with E-state index in [1.54, 1.807) is 0 Å². The summed E-state index contributed by atoms with van der Waals surface area (Å²) in [6.45, 7) is 0.477. The molecule has 1 saturated carbocycles. The first-order valence-electron chi connectivity index (χ1n) is 5.76. The van der Waals surface area contributed by atoms with Crippen LogP contribution in [0.15, 0.2) is 18.2 Å². The van der Waals surface area contributed by atoms with Crippen molar-refractivity contribution >= 4 is 16.7 Å². The van der Waals surface area contributed by atoms with E-state index in [-0.39, 0.29) is 0 Å². The van der Waals surface area contributed by atoms with Crippen LogP contribution in [0.3, 0.4) is 0 Å². The van der Waals surface area contributed by atoms with Gasteiger partial charge in [0.05, 0.1) is 23.3 Å². The van der Waals surface area contributed by atoms with Gasteiger partial charge in [0.2, 0.25) is 0 Å². The fourth-order valence-corrected chi connectivity index (χ4v) is 2.41. The highest BCUT2D eigenvalue weighted by Gasteiger charge is 2.24. The molecule has 1 fully saturated rings. The maximum absolute atomic E-state index is 6.04. The highest BCUT2D eigenvalue weighted by Crippen LogP contribution is 2.36. The summed E-state index contributed by atoms with van der Waals surface area (Å²) in [6.07, 6.45) is 3.72. The zero-order chi connectivity index (χ0) is 11.1. The lowest BCUT2D eigenvalue weighted by molar-refractivity contribution is 0.313. The molecule has 4 N–H and O–H groups in total. The van der Waals surface area contributed by atoms with Gasteiger partial charge in [0.25, 0.3) is 0 Å². The average molecular weight is 216 g/mol. The standard InChI is InChI=1S/C12H16N4/c13-7-11-15-10-6-2-5-9(14)12(10)16(11)8-3-1-4-8/h2,5-6,8H,1,3-4,7,13-14H2. The van der Waals surface area contributed by atoms with Crippen LogP contribution in [0, 0.1) is 0 Å². The Bertz CT molecular complexity index is 525. The molecule has 0 bridgehead atoms. The van der Waals surface area contributed by atoms with Crippen molar-refractivity contribution in [1.29, 1.82) is 0 Å². The van der Waals surface area contributed by atoms with Crippen LogP contribution in [0.25, 0.3) is 11.0 Å². The van der Waals surface area contributed by atoms with E-state index in [1.165, 1.54) is 19.3 Å². The summed E-state index contributed by atoms with van der Waals surface area (Å²) < 4.78 is 2.24. The first kappa shape index (κ1) is 9.66. The Morgan fingerprint density at radius 3 is 2.81 bits per heavy atom. The Hall–Kier alpha value is -1.55. The smallest absolute Gasteiger partial charge is 0.123 e. The van der Waals surface area contributed by atoms with Crippen LogP contribution in [0.5, 0.6) is 0 Å². The normalized spacial score (nSPS) is 16.6. The van der Waals surface area contributed by atoms with Crippen LogP contribution >= 0.6 is 0 Å². The number of nitrogens with two attached hydrogens (primary N) is 2. The highest BCUT2D eigenvalue weighted by molar-refractivity contribution is 5.88. The van der Waals surface area contributed by atoms with Gasteiger partial charge < -0.3 is 16.0 Å². The zero-order valence-electron chi connectivity index (χ0n) is 9.19. The number of hydrogen-bond donors (Lipinski definition) is 2. The average Bonchev–Trinajstić information content (AvgIpc) is 2.56. The first-order chi connectivity index (χ1) is 7.81. The quantitative estimate of drug-likeness (QED) is 0.752. The fraction of sp³-hybridized carbons (Fsp3) is 0.417. The van der Waals surface area contributed by atoms with Crippen LogP contribution in [-0.2, 0) is 6.54 Å². The number of rotatable bonds is 2. The van der Waals surface area contributed by atoms with Gasteiger partial charge in [0.15, 0.2) is 0 Å². The van der Waals surface area contributed by atoms with Gasteiger partial charge in [0, 0.05) is 6.04 Å². The number of fused-ring (bicyclic) bond motifs is 1. The predicted octanol–water partition coefficient (Wildman–Crippen LogP) is 1.80. The maximum atomic E-state index is 6.04. The van der Waals surface area contributed by atoms with Crippen LogP contribution in [0.1, 0.15) is 31.1 Å². The molecule has 0 spiro atoms. The van der Waals surface area contributed by atoms with E-state index in [9.17, 15) is 0 Å². The van der Waals surface area contributed by atoms with E-state index >= 15 is 0 Å². The van der Waals surface area contributed by atoms with Crippen molar-refractivity contribution in [3.63, 3.8) is 0 Å². The van der Waals surface area contributed by atoms with Crippen LogP contribution in [0.2, 0.25) is 0 Å². The number of hydrogen-bond acceptors (Lipinski definition) is 3. The van der Waals surface area contributed by atoms with E-state index in [2.05, 4.69) is 9.55 Å². The zero-order valence-corrected chi connectivity index (χ0v) is 9.19. The van der Waals surface area contributed by atoms with Crippen molar-refractivity contribution in [2.24, 2.45) is 5.73 Å². The molecule has 1 heterocycles. The summed E-state index contributed by atoms with van der Waals surface area (Å²) in [6, 6.07) is 6.42. The van der Waals surface area contributed by atoms with Crippen LogP contribution in [-0.4, -0.2) is 9.55 Å². The van der Waals surface area contributed by atoms with Crippen LogP contribution in [0.4, 0.5) is 5.69 Å². The van der Waals surface area contributed by atoms with Crippen LogP contribution < -0.4 is 11.5 Å². The third-order valence-corrected chi connectivity index (χ3v) is 3.44. The topological polar surface area (TPSA) is 69.9 Å². The van der Waals surface area contributed by atoms with Crippen molar-refractivity contribution in [2.75, 3.05) is 5.73 Å². The number of benzene rings is 1. The number of nitrogens with zero attached hydrogens (tertiary/aromatic N) is 2. The number of anilines is 1. The third-order valence-electron chi connectivity index (χ3n) is 3.44. The molecule has 4 nitrogen and oxygen atoms in total. The van der Waals surface area contributed by atoms with Gasteiger partial charge in [0.1, 0.15) is 5.82 Å². The monoisotopic (exact) mass is 216 g/mol. The largest absolute Gasteiger partial charge is 0.397 e. The number of para-hydroxylation sites is 1. The van der Waals surface area contributed by atoms with Gasteiger partial charge in [-0.1, -0.05) is 6.07 Å². The highest BCUT2D eigenvalue weighted by atomic mass is 15.1. The molecule has 4 heteroatoms. The molecule has 2 aromatic rings. The molecule has 0 saturated heterocycles. The van der Waals surface area contributed by atoms with E-state index in [0.29, 0.717) is 12.6 Å². The predicted molar refractivity (Wildman–Crippen MR) is 64.9 cm³/mol. The summed E-state index contributed by atoms with van der Waals surface area (Å²) >= 11 is 0. The second kappa shape index (κ2) is 3.49. The van der Waals surface area contributed by atoms with Gasteiger partial charge in [-0.3, -0.25) is 0 Å². The number of aromatic nitrogens is 2. The fourth-order valence-electron chi connectivity index (χ4n) is 2.41. The molecule has 0 unspecified atom stereocenters. The van der Waals surface area contributed by atoms with Gasteiger partial charge in [-0.25, -0.2) is 4.98 Å². The summed E-state index contributed by atoms with van der Waals surface area (Å²) in [5.41, 5.74) is 14.6. The van der Waals surface area contributed by atoms with E-state index in [0.717, 1.165) is 22.5 Å². The molecule has 0 radical (unpaired) electrons. The molecule has 3 rings (SSSR count). The molecular formula is C12H16N4. The number of nitrogen functional groups attached to an aromatic ring is 1. The minimum atomic E-state index is 0.477. The molecule has 1 aliphatic rings. The Labute approximate surface area is 94.3 Å². The summed E-state index contributed by atoms with van der Waals surface area (Å²) in [5, 5.41) is 0. The van der Waals surface area contributed by atoms with E-state index < -0.39 is 0 Å². The summed E-state index contributed by atoms with van der Waals surface area (Å²) in [5.74, 6) is 0.956. The van der Waals surface area contributed by atoms with Gasteiger partial charge in [-0.2, -0.15) is 0 Å². The molecule has 84 valence electrons. The van der Waals surface area contributed by atoms with Crippen molar-refractivity contribution < 1.29 is 0 Å². The molecular weight excluding hydrogens is 200 g/mol. The van der Waals surface area contributed by atoms with E-state index in [1.807, 2.05) is 18.2 Å². The van der Waals surface area contributed by atoms with Gasteiger partial charge >= 0.3 is 0 Å². The van der Waals surface area contributed by atoms with Crippen molar-refractivity contribution in [1.82, 2.24) is 9.55 Å². The molecule has 16 heavy (non-hydrogen) atoms. The lowest BCUT2D eigenvalue weighted by Gasteiger charge is -2.29. The SMILES string of the molecule is NCc1nc2cccc(N)c2n1C1CCC1. The third kappa shape index (κ3) is 1.23. The molecule has 0 amide bonds.